The molecule has 2 aromatic rings. The van der Waals surface area contributed by atoms with E-state index >= 15 is 0 Å². The smallest absolute Gasteiger partial charge is 0.251 e. The number of rotatable bonds is 5. The SMILES string of the molecule is Cc1ccc(C)c(C(=O)NCc2ccc(C[NH+](C)C)cc2)c1. The Labute approximate surface area is 133 Å². The Morgan fingerprint density at radius 1 is 1.00 bits per heavy atom. The maximum Gasteiger partial charge on any atom is 0.251 e. The molecule has 0 aliphatic carbocycles. The summed E-state index contributed by atoms with van der Waals surface area (Å²) in [5.74, 6) is -0.0111. The Morgan fingerprint density at radius 3 is 2.27 bits per heavy atom. The molecule has 2 aromatic carbocycles. The average molecular weight is 297 g/mol. The lowest BCUT2D eigenvalue weighted by Crippen LogP contribution is -3.04. The van der Waals surface area contributed by atoms with Crippen molar-refractivity contribution < 1.29 is 9.69 Å². The van der Waals surface area contributed by atoms with E-state index in [1.54, 1.807) is 0 Å². The standard InChI is InChI=1S/C19H24N2O/c1-14-5-6-15(2)18(11-14)19(22)20-12-16-7-9-17(10-8-16)13-21(3)4/h5-11H,12-13H2,1-4H3,(H,20,22)/p+1. The van der Waals surface area contributed by atoms with Crippen LogP contribution in [0.2, 0.25) is 0 Å². The van der Waals surface area contributed by atoms with Gasteiger partial charge in [-0.15, -0.1) is 0 Å². The van der Waals surface area contributed by atoms with Crippen molar-refractivity contribution in [3.63, 3.8) is 0 Å². The third-order valence-corrected chi connectivity index (χ3v) is 3.67. The molecule has 0 aromatic heterocycles. The van der Waals surface area contributed by atoms with E-state index in [1.165, 1.54) is 10.5 Å². The summed E-state index contributed by atoms with van der Waals surface area (Å²) >= 11 is 0. The molecule has 0 heterocycles. The molecule has 0 aliphatic rings. The molecule has 0 aliphatic heterocycles. The number of carbonyl (C=O) groups excluding carboxylic acids is 1. The van der Waals surface area contributed by atoms with Crippen molar-refractivity contribution in [3.8, 4) is 0 Å². The van der Waals surface area contributed by atoms with E-state index < -0.39 is 0 Å². The molecule has 0 fully saturated rings. The molecule has 0 atom stereocenters. The van der Waals surface area contributed by atoms with E-state index in [2.05, 4.69) is 43.7 Å². The van der Waals surface area contributed by atoms with Gasteiger partial charge in [-0.05, 0) is 31.0 Å². The van der Waals surface area contributed by atoms with Gasteiger partial charge in [-0.25, -0.2) is 0 Å². The molecule has 22 heavy (non-hydrogen) atoms. The van der Waals surface area contributed by atoms with Gasteiger partial charge in [0.2, 0.25) is 0 Å². The minimum atomic E-state index is -0.0111. The lowest BCUT2D eigenvalue weighted by Gasteiger charge is -2.10. The van der Waals surface area contributed by atoms with Crippen LogP contribution in [0.1, 0.15) is 32.6 Å². The number of quaternary nitrogens is 1. The van der Waals surface area contributed by atoms with E-state index in [-0.39, 0.29) is 5.91 Å². The van der Waals surface area contributed by atoms with Gasteiger partial charge in [0.05, 0.1) is 14.1 Å². The number of hydrogen-bond acceptors (Lipinski definition) is 1. The van der Waals surface area contributed by atoms with Crippen molar-refractivity contribution in [2.45, 2.75) is 26.9 Å². The van der Waals surface area contributed by atoms with Gasteiger partial charge in [-0.3, -0.25) is 4.79 Å². The minimum absolute atomic E-state index is 0.0111. The summed E-state index contributed by atoms with van der Waals surface area (Å²) < 4.78 is 0. The van der Waals surface area contributed by atoms with Gasteiger partial charge in [-0.1, -0.05) is 42.0 Å². The fraction of sp³-hybridized carbons (Fsp3) is 0.316. The number of benzene rings is 2. The number of hydrogen-bond donors (Lipinski definition) is 2. The Bertz CT molecular complexity index is 645. The molecule has 1 amide bonds. The molecule has 2 N–H and O–H groups in total. The second-order valence-corrected chi connectivity index (χ2v) is 6.20. The zero-order valence-electron chi connectivity index (χ0n) is 13.9. The number of aryl methyl sites for hydroxylation is 2. The van der Waals surface area contributed by atoms with Crippen molar-refractivity contribution >= 4 is 5.91 Å². The lowest BCUT2D eigenvalue weighted by molar-refractivity contribution is -0.872. The first kappa shape index (κ1) is 16.2. The summed E-state index contributed by atoms with van der Waals surface area (Å²) in [5.41, 5.74) is 5.30. The summed E-state index contributed by atoms with van der Waals surface area (Å²) in [5, 5.41) is 3.00. The van der Waals surface area contributed by atoms with Crippen LogP contribution < -0.4 is 10.2 Å². The fourth-order valence-electron chi connectivity index (χ4n) is 2.44. The molecule has 0 bridgehead atoms. The summed E-state index contributed by atoms with van der Waals surface area (Å²) in [6.45, 7) is 5.53. The van der Waals surface area contributed by atoms with Gasteiger partial charge in [-0.2, -0.15) is 0 Å². The first-order valence-electron chi connectivity index (χ1n) is 7.68. The Balaban J connectivity index is 1.97. The second kappa shape index (κ2) is 7.23. The van der Waals surface area contributed by atoms with Crippen LogP contribution in [0.5, 0.6) is 0 Å². The van der Waals surface area contributed by atoms with Gasteiger partial charge >= 0.3 is 0 Å². The molecule has 3 nitrogen and oxygen atoms in total. The normalized spacial score (nSPS) is 10.8. The summed E-state index contributed by atoms with van der Waals surface area (Å²) in [4.78, 5) is 13.7. The predicted molar refractivity (Wildman–Crippen MR) is 90.0 cm³/mol. The first-order chi connectivity index (χ1) is 10.5. The minimum Gasteiger partial charge on any atom is -0.348 e. The Morgan fingerprint density at radius 2 is 1.64 bits per heavy atom. The van der Waals surface area contributed by atoms with Crippen molar-refractivity contribution in [2.75, 3.05) is 14.1 Å². The number of amides is 1. The molecule has 0 saturated heterocycles. The van der Waals surface area contributed by atoms with E-state index in [1.807, 2.05) is 32.0 Å². The maximum absolute atomic E-state index is 12.3. The molecule has 3 heteroatoms. The zero-order chi connectivity index (χ0) is 16.1. The van der Waals surface area contributed by atoms with Gasteiger partial charge in [0.15, 0.2) is 0 Å². The van der Waals surface area contributed by atoms with Crippen molar-refractivity contribution in [1.29, 1.82) is 0 Å². The molecule has 0 spiro atoms. The molecular formula is C19H25N2O+. The Kier molecular flexibility index (Phi) is 5.34. The largest absolute Gasteiger partial charge is 0.348 e. The highest BCUT2D eigenvalue weighted by atomic mass is 16.1. The quantitative estimate of drug-likeness (QED) is 0.868. The van der Waals surface area contributed by atoms with Crippen LogP contribution in [-0.2, 0) is 13.1 Å². The van der Waals surface area contributed by atoms with Crippen LogP contribution in [0.4, 0.5) is 0 Å². The zero-order valence-corrected chi connectivity index (χ0v) is 13.9. The first-order valence-corrected chi connectivity index (χ1v) is 7.68. The van der Waals surface area contributed by atoms with Gasteiger partial charge < -0.3 is 10.2 Å². The van der Waals surface area contributed by atoms with Crippen LogP contribution in [0.25, 0.3) is 0 Å². The monoisotopic (exact) mass is 297 g/mol. The molecule has 0 unspecified atom stereocenters. The Hall–Kier alpha value is -2.13. The molecule has 2 rings (SSSR count). The van der Waals surface area contributed by atoms with E-state index in [4.69, 9.17) is 0 Å². The van der Waals surface area contributed by atoms with Gasteiger partial charge in [0, 0.05) is 17.7 Å². The summed E-state index contributed by atoms with van der Waals surface area (Å²) in [6, 6.07) is 14.4. The third kappa shape index (κ3) is 4.43. The van der Waals surface area contributed by atoms with Crippen LogP contribution in [-0.4, -0.2) is 20.0 Å². The highest BCUT2D eigenvalue weighted by Crippen LogP contribution is 2.11. The highest BCUT2D eigenvalue weighted by Gasteiger charge is 2.08. The topological polar surface area (TPSA) is 33.5 Å². The van der Waals surface area contributed by atoms with Crippen LogP contribution in [0.3, 0.4) is 0 Å². The van der Waals surface area contributed by atoms with E-state index in [0.29, 0.717) is 6.54 Å². The second-order valence-electron chi connectivity index (χ2n) is 6.20. The summed E-state index contributed by atoms with van der Waals surface area (Å²) in [7, 11) is 4.27. The summed E-state index contributed by atoms with van der Waals surface area (Å²) in [6.07, 6.45) is 0. The average Bonchev–Trinajstić information content (AvgIpc) is 2.48. The van der Waals surface area contributed by atoms with Crippen molar-refractivity contribution in [1.82, 2.24) is 5.32 Å². The molecule has 116 valence electrons. The predicted octanol–water partition coefficient (Wildman–Crippen LogP) is 1.88. The molecule has 0 radical (unpaired) electrons. The van der Waals surface area contributed by atoms with Crippen LogP contribution in [0.15, 0.2) is 42.5 Å². The van der Waals surface area contributed by atoms with Gasteiger partial charge in [0.25, 0.3) is 5.91 Å². The van der Waals surface area contributed by atoms with Gasteiger partial charge in [0.1, 0.15) is 6.54 Å². The fourth-order valence-corrected chi connectivity index (χ4v) is 2.44. The molecular weight excluding hydrogens is 272 g/mol. The number of nitrogens with one attached hydrogen (secondary N) is 2. The third-order valence-electron chi connectivity index (χ3n) is 3.67. The van der Waals surface area contributed by atoms with Crippen molar-refractivity contribution in [3.05, 3.63) is 70.3 Å². The van der Waals surface area contributed by atoms with Crippen LogP contribution in [0, 0.1) is 13.8 Å². The van der Waals surface area contributed by atoms with E-state index in [9.17, 15) is 4.79 Å². The number of carbonyl (C=O) groups is 1. The van der Waals surface area contributed by atoms with Crippen molar-refractivity contribution in [2.24, 2.45) is 0 Å². The highest BCUT2D eigenvalue weighted by molar-refractivity contribution is 5.95. The maximum atomic E-state index is 12.3. The molecule has 0 saturated carbocycles. The van der Waals surface area contributed by atoms with E-state index in [0.717, 1.165) is 28.8 Å². The lowest BCUT2D eigenvalue weighted by atomic mass is 10.0. The van der Waals surface area contributed by atoms with Crippen LogP contribution >= 0.6 is 0 Å².